The Balaban J connectivity index is 3.15. The summed E-state index contributed by atoms with van der Waals surface area (Å²) >= 11 is 0. The molecular weight excluding hydrogens is 674 g/mol. The first-order valence-corrected chi connectivity index (χ1v) is 15.6. The fraction of sp³-hybridized carbons (Fsp3) is 0.714. The maximum atomic E-state index is 13.6. The molecule has 1 amide bonds. The summed E-state index contributed by atoms with van der Waals surface area (Å²) in [4.78, 5) is 103. The van der Waals surface area contributed by atoms with Gasteiger partial charge in [-0.15, -0.1) is 0 Å². The summed E-state index contributed by atoms with van der Waals surface area (Å²) in [7, 11) is 0. The molecule has 1 aliphatic rings. The molecule has 0 unspecified atom stereocenters. The number of carbonyl (C=O) groups is 8. The highest BCUT2D eigenvalue weighted by Gasteiger charge is 2.25. The highest BCUT2D eigenvalue weighted by atomic mass is 16.4. The molecule has 0 atom stereocenters. The van der Waals surface area contributed by atoms with Crippen LogP contribution in [0.15, 0.2) is 0 Å². The number of nitrogens with zero attached hydrogens (tertiary/aromatic N) is 7. The average Bonchev–Trinajstić information content (AvgIpc) is 2.96. The molecule has 1 saturated heterocycles. The normalized spacial score (nSPS) is 15.8. The van der Waals surface area contributed by atoms with Gasteiger partial charge in [-0.2, -0.15) is 0 Å². The van der Waals surface area contributed by atoms with Crippen molar-refractivity contribution in [1.29, 1.82) is 0 Å². The van der Waals surface area contributed by atoms with Gasteiger partial charge in [0.25, 0.3) is 0 Å². The highest BCUT2D eigenvalue weighted by Crippen LogP contribution is 2.04. The minimum absolute atomic E-state index is 0.0268. The molecule has 22 heteroatoms. The molecule has 1 rings (SSSR count). The van der Waals surface area contributed by atoms with Crippen molar-refractivity contribution in [1.82, 2.24) is 34.3 Å². The largest absolute Gasteiger partial charge is 0.480 e. The first kappa shape index (κ1) is 43.5. The van der Waals surface area contributed by atoms with Gasteiger partial charge in [0.1, 0.15) is 0 Å². The minimum atomic E-state index is -1.29. The van der Waals surface area contributed by atoms with Gasteiger partial charge in [0.15, 0.2) is 0 Å². The SMILES string of the molecule is O=C(O)CN1CCN(CC(=O)O)CCN(C(=O)CN(CCN(CCN(CC(=O)O)CC(=O)O)CC(=O)O)CC(=O)O)CCN(CC(=O)O)CC1. The number of carboxylic acids is 7. The summed E-state index contributed by atoms with van der Waals surface area (Å²) in [5, 5.41) is 65.2. The second-order valence-electron chi connectivity index (χ2n) is 11.7. The number of hydrogen-bond acceptors (Lipinski definition) is 14. The highest BCUT2D eigenvalue weighted by molar-refractivity contribution is 5.79. The monoisotopic (exact) mass is 721 g/mol. The third kappa shape index (κ3) is 20.8. The molecule has 0 bridgehead atoms. The minimum Gasteiger partial charge on any atom is -0.480 e. The van der Waals surface area contributed by atoms with Crippen LogP contribution in [0.5, 0.6) is 0 Å². The van der Waals surface area contributed by atoms with Gasteiger partial charge in [0, 0.05) is 78.5 Å². The summed E-state index contributed by atoms with van der Waals surface area (Å²) in [6.07, 6.45) is 0. The van der Waals surface area contributed by atoms with Crippen LogP contribution < -0.4 is 0 Å². The predicted molar refractivity (Wildman–Crippen MR) is 169 cm³/mol. The van der Waals surface area contributed by atoms with E-state index >= 15 is 0 Å². The Kier molecular flexibility index (Phi) is 20.0. The lowest BCUT2D eigenvalue weighted by atomic mass is 10.3. The van der Waals surface area contributed by atoms with E-state index in [0.717, 1.165) is 4.90 Å². The number of carbonyl (C=O) groups excluding carboxylic acids is 1. The molecule has 1 heterocycles. The van der Waals surface area contributed by atoms with Crippen LogP contribution in [0.2, 0.25) is 0 Å². The van der Waals surface area contributed by atoms with Crippen LogP contribution in [0.1, 0.15) is 0 Å². The Hall–Kier alpha value is -4.48. The average molecular weight is 722 g/mol. The molecule has 0 spiro atoms. The van der Waals surface area contributed by atoms with E-state index < -0.39 is 93.5 Å². The van der Waals surface area contributed by atoms with E-state index in [0.29, 0.717) is 0 Å². The molecule has 0 aromatic rings. The van der Waals surface area contributed by atoms with Gasteiger partial charge in [0.05, 0.1) is 52.4 Å². The molecule has 50 heavy (non-hydrogen) atoms. The number of amides is 1. The van der Waals surface area contributed by atoms with Crippen molar-refractivity contribution < 1.29 is 74.1 Å². The maximum absolute atomic E-state index is 13.6. The maximum Gasteiger partial charge on any atom is 0.317 e. The summed E-state index contributed by atoms with van der Waals surface area (Å²) in [6, 6.07) is 0. The van der Waals surface area contributed by atoms with Crippen molar-refractivity contribution in [3.8, 4) is 0 Å². The van der Waals surface area contributed by atoms with Crippen LogP contribution in [0.3, 0.4) is 0 Å². The number of rotatable bonds is 22. The van der Waals surface area contributed by atoms with Gasteiger partial charge < -0.3 is 40.6 Å². The van der Waals surface area contributed by atoms with Crippen LogP contribution in [-0.4, -0.2) is 249 Å². The molecule has 0 aliphatic carbocycles. The summed E-state index contributed by atoms with van der Waals surface area (Å²) < 4.78 is 0. The third-order valence-electron chi connectivity index (χ3n) is 7.53. The fourth-order valence-electron chi connectivity index (χ4n) is 5.15. The molecule has 0 aromatic carbocycles. The predicted octanol–water partition coefficient (Wildman–Crippen LogP) is -4.77. The lowest BCUT2D eigenvalue weighted by molar-refractivity contribution is -0.143. The van der Waals surface area contributed by atoms with Crippen LogP contribution in [-0.2, 0) is 38.4 Å². The Morgan fingerprint density at radius 2 is 0.620 bits per heavy atom. The van der Waals surface area contributed by atoms with Gasteiger partial charge in [-0.3, -0.25) is 67.8 Å². The van der Waals surface area contributed by atoms with Gasteiger partial charge in [0.2, 0.25) is 5.91 Å². The van der Waals surface area contributed by atoms with Gasteiger partial charge in [-0.1, -0.05) is 0 Å². The third-order valence-corrected chi connectivity index (χ3v) is 7.53. The topological polar surface area (TPSA) is 301 Å². The van der Waals surface area contributed by atoms with E-state index in [2.05, 4.69) is 0 Å². The van der Waals surface area contributed by atoms with Crippen molar-refractivity contribution in [3.05, 3.63) is 0 Å². The van der Waals surface area contributed by atoms with Gasteiger partial charge in [-0.25, -0.2) is 0 Å². The van der Waals surface area contributed by atoms with Crippen LogP contribution in [0.4, 0.5) is 0 Å². The molecule has 0 aromatic heterocycles. The lowest BCUT2D eigenvalue weighted by Crippen LogP contribution is -2.51. The van der Waals surface area contributed by atoms with E-state index in [1.54, 1.807) is 4.90 Å². The zero-order chi connectivity index (χ0) is 37.8. The molecule has 7 N–H and O–H groups in total. The van der Waals surface area contributed by atoms with E-state index in [1.165, 1.54) is 24.5 Å². The Labute approximate surface area is 287 Å². The first-order valence-electron chi connectivity index (χ1n) is 15.6. The zero-order valence-corrected chi connectivity index (χ0v) is 27.7. The molecule has 0 saturated carbocycles. The van der Waals surface area contributed by atoms with Crippen molar-refractivity contribution in [3.63, 3.8) is 0 Å². The summed E-state index contributed by atoms with van der Waals surface area (Å²) in [5.41, 5.74) is 0. The number of carboxylic acid groups (broad SMARTS) is 7. The molecule has 0 radical (unpaired) electrons. The quantitative estimate of drug-likeness (QED) is 0.0552. The smallest absolute Gasteiger partial charge is 0.317 e. The molecule has 22 nitrogen and oxygen atoms in total. The second kappa shape index (κ2) is 23.0. The van der Waals surface area contributed by atoms with Crippen molar-refractivity contribution in [2.24, 2.45) is 0 Å². The molecule has 284 valence electrons. The Morgan fingerprint density at radius 1 is 0.360 bits per heavy atom. The Morgan fingerprint density at radius 3 is 0.920 bits per heavy atom. The lowest BCUT2D eigenvalue weighted by Gasteiger charge is -2.34. The van der Waals surface area contributed by atoms with Gasteiger partial charge >= 0.3 is 41.8 Å². The van der Waals surface area contributed by atoms with Gasteiger partial charge in [-0.05, 0) is 0 Å². The second-order valence-corrected chi connectivity index (χ2v) is 11.7. The molecule has 1 aliphatic heterocycles. The standard InChI is InChI=1S/C28H47N7O15/c36-21(13-33(18-26(45)46)7-5-30(15-23(39)40)6-8-34(19-27(47)48)20-28(49)50)35-11-9-31(16-24(41)42)3-1-29(14-22(37)38)2-4-32(10-12-35)17-25(43)44/h1-20H2,(H,37,38)(H,39,40)(H,41,42)(H,43,44)(H,45,46)(H,47,48)(H,49,50). The van der Waals surface area contributed by atoms with Crippen LogP contribution >= 0.6 is 0 Å². The van der Waals surface area contributed by atoms with Crippen molar-refractivity contribution in [2.45, 2.75) is 0 Å². The van der Waals surface area contributed by atoms with Crippen molar-refractivity contribution in [2.75, 3.05) is 131 Å². The van der Waals surface area contributed by atoms with E-state index in [4.69, 9.17) is 10.2 Å². The van der Waals surface area contributed by atoms with E-state index in [1.807, 2.05) is 0 Å². The molecule has 1 fully saturated rings. The molecular formula is C28H47N7O15. The number of hydrogen-bond donors (Lipinski definition) is 7. The first-order chi connectivity index (χ1) is 23.4. The summed E-state index contributed by atoms with van der Waals surface area (Å²) in [6.45, 7) is -3.86. The van der Waals surface area contributed by atoms with Crippen LogP contribution in [0.25, 0.3) is 0 Å². The van der Waals surface area contributed by atoms with Crippen molar-refractivity contribution >= 4 is 47.7 Å². The van der Waals surface area contributed by atoms with E-state index in [9.17, 15) is 63.9 Å². The van der Waals surface area contributed by atoms with E-state index in [-0.39, 0.29) is 85.1 Å². The summed E-state index contributed by atoms with van der Waals surface area (Å²) in [5.74, 6) is -9.12. The zero-order valence-electron chi connectivity index (χ0n) is 27.7. The van der Waals surface area contributed by atoms with Crippen LogP contribution in [0, 0.1) is 0 Å². The fourth-order valence-corrected chi connectivity index (χ4v) is 5.15. The Bertz CT molecular complexity index is 1140. The number of aliphatic carboxylic acids is 7.